The summed E-state index contributed by atoms with van der Waals surface area (Å²) in [6.45, 7) is 0.697. The molecule has 0 bridgehead atoms. The molecule has 0 aromatic heterocycles. The predicted octanol–water partition coefficient (Wildman–Crippen LogP) is 3.02. The minimum atomic E-state index is -2.69. The first-order chi connectivity index (χ1) is 8.62. The Balaban J connectivity index is 2.01. The van der Waals surface area contributed by atoms with Gasteiger partial charge >= 0.3 is 0 Å². The van der Waals surface area contributed by atoms with Crippen LogP contribution in [-0.2, 0) is 6.42 Å². The smallest absolute Gasteiger partial charge is 0.267 e. The molecule has 0 saturated carbocycles. The van der Waals surface area contributed by atoms with Crippen LogP contribution in [0.2, 0.25) is 0 Å². The highest BCUT2D eigenvalue weighted by Crippen LogP contribution is 2.29. The molecule has 1 unspecified atom stereocenters. The molecule has 1 aliphatic heterocycles. The van der Waals surface area contributed by atoms with Gasteiger partial charge in [0.25, 0.3) is 5.92 Å². The average Bonchev–Trinajstić information content (AvgIpc) is 2.40. The fourth-order valence-electron chi connectivity index (χ4n) is 2.35. The number of hydrogen-bond donors (Lipinski definition) is 1. The molecule has 1 atom stereocenters. The number of piperidine rings is 1. The highest BCUT2D eigenvalue weighted by atomic mass is 19.3. The molecule has 100 valence electrons. The lowest BCUT2D eigenvalue weighted by Gasteiger charge is -2.31. The van der Waals surface area contributed by atoms with Crippen LogP contribution in [0.15, 0.2) is 24.3 Å². The molecule has 1 N–H and O–H groups in total. The molecule has 0 amide bonds. The van der Waals surface area contributed by atoms with Crippen molar-refractivity contribution < 1.29 is 13.5 Å². The fraction of sp³-hybridized carbons (Fsp3) is 0.571. The molecule has 1 aromatic rings. The molecule has 2 nitrogen and oxygen atoms in total. The largest absolute Gasteiger partial charge is 0.497 e. The first kappa shape index (κ1) is 13.3. The third kappa shape index (κ3) is 3.19. The topological polar surface area (TPSA) is 21.3 Å². The van der Waals surface area contributed by atoms with E-state index in [0.29, 0.717) is 24.3 Å². The molecule has 1 aliphatic rings. The van der Waals surface area contributed by atoms with E-state index in [1.807, 2.05) is 0 Å². The van der Waals surface area contributed by atoms with Gasteiger partial charge in [0.15, 0.2) is 0 Å². The van der Waals surface area contributed by atoms with Gasteiger partial charge < -0.3 is 10.1 Å². The van der Waals surface area contributed by atoms with Crippen LogP contribution in [0, 0.1) is 0 Å². The Kier molecular flexibility index (Phi) is 4.17. The van der Waals surface area contributed by atoms with Crippen LogP contribution in [0.3, 0.4) is 0 Å². The summed E-state index contributed by atoms with van der Waals surface area (Å²) in [5, 5.41) is 2.93. The number of nitrogens with one attached hydrogen (secondary N) is 1. The molecule has 1 heterocycles. The second-order valence-electron chi connectivity index (χ2n) is 4.79. The Morgan fingerprint density at radius 2 is 2.00 bits per heavy atom. The Morgan fingerprint density at radius 3 is 2.56 bits per heavy atom. The van der Waals surface area contributed by atoms with Gasteiger partial charge in [0, 0.05) is 6.42 Å². The number of hydrogen-bond acceptors (Lipinski definition) is 2. The molecule has 1 fully saturated rings. The molecule has 4 heteroatoms. The lowest BCUT2D eigenvalue weighted by Crippen LogP contribution is -2.48. The Labute approximate surface area is 106 Å². The fourth-order valence-corrected chi connectivity index (χ4v) is 2.35. The zero-order valence-corrected chi connectivity index (χ0v) is 10.6. The third-order valence-electron chi connectivity index (χ3n) is 3.42. The summed E-state index contributed by atoms with van der Waals surface area (Å²) in [5.74, 6) is -1.99. The van der Waals surface area contributed by atoms with Crippen molar-refractivity contribution in [1.82, 2.24) is 5.32 Å². The van der Waals surface area contributed by atoms with E-state index >= 15 is 0 Å². The van der Waals surface area contributed by atoms with E-state index in [2.05, 4.69) is 5.32 Å². The maximum Gasteiger partial charge on any atom is 0.267 e. The second kappa shape index (κ2) is 5.65. The van der Waals surface area contributed by atoms with Crippen molar-refractivity contribution in [3.63, 3.8) is 0 Å². The van der Waals surface area contributed by atoms with Crippen LogP contribution in [0.25, 0.3) is 0 Å². The van der Waals surface area contributed by atoms with Crippen molar-refractivity contribution in [2.24, 2.45) is 0 Å². The van der Waals surface area contributed by atoms with E-state index in [9.17, 15) is 8.78 Å². The zero-order valence-electron chi connectivity index (χ0n) is 10.6. The van der Waals surface area contributed by atoms with Crippen molar-refractivity contribution in [1.29, 1.82) is 0 Å². The molecule has 0 spiro atoms. The molecular weight excluding hydrogens is 236 g/mol. The van der Waals surface area contributed by atoms with Gasteiger partial charge in [-0.2, -0.15) is 0 Å². The normalized spacial score (nSPS) is 20.7. The standard InChI is InChI=1S/C14H19F2NO/c1-18-12-7-5-11(6-8-12)10-14(15,16)13-4-2-3-9-17-13/h5-8,13,17H,2-4,9-10H2,1H3. The molecule has 2 rings (SSSR count). The molecule has 0 aliphatic carbocycles. The maximum atomic E-state index is 14.1. The number of methoxy groups -OCH3 is 1. The molecule has 1 aromatic carbocycles. The van der Waals surface area contributed by atoms with E-state index in [0.717, 1.165) is 12.8 Å². The third-order valence-corrected chi connectivity index (χ3v) is 3.42. The molecule has 1 saturated heterocycles. The summed E-state index contributed by atoms with van der Waals surface area (Å²) in [4.78, 5) is 0. The Bertz CT molecular complexity index is 372. The number of alkyl halides is 2. The second-order valence-corrected chi connectivity index (χ2v) is 4.79. The van der Waals surface area contributed by atoms with Crippen LogP contribution < -0.4 is 10.1 Å². The minimum absolute atomic E-state index is 0.214. The summed E-state index contributed by atoms with van der Waals surface area (Å²) in [6.07, 6.45) is 2.23. The minimum Gasteiger partial charge on any atom is -0.497 e. The SMILES string of the molecule is COc1ccc(CC(F)(F)C2CCCCN2)cc1. The van der Waals surface area contributed by atoms with Gasteiger partial charge in [-0.05, 0) is 37.1 Å². The summed E-state index contributed by atoms with van der Waals surface area (Å²) in [5.41, 5.74) is 0.646. The Hall–Kier alpha value is -1.16. The first-order valence-corrected chi connectivity index (χ1v) is 6.36. The van der Waals surface area contributed by atoms with Gasteiger partial charge in [0.1, 0.15) is 5.75 Å². The van der Waals surface area contributed by atoms with E-state index in [1.165, 1.54) is 0 Å². The summed E-state index contributed by atoms with van der Waals surface area (Å²) < 4.78 is 33.2. The summed E-state index contributed by atoms with van der Waals surface area (Å²) in [6, 6.07) is 6.17. The van der Waals surface area contributed by atoms with E-state index in [4.69, 9.17) is 4.74 Å². The van der Waals surface area contributed by atoms with Crippen LogP contribution in [0.4, 0.5) is 8.78 Å². The Morgan fingerprint density at radius 1 is 1.28 bits per heavy atom. The summed E-state index contributed by atoms with van der Waals surface area (Å²) >= 11 is 0. The van der Waals surface area contributed by atoms with Crippen molar-refractivity contribution >= 4 is 0 Å². The quantitative estimate of drug-likeness (QED) is 0.893. The van der Waals surface area contributed by atoms with Crippen LogP contribution in [0.5, 0.6) is 5.75 Å². The van der Waals surface area contributed by atoms with Crippen molar-refractivity contribution in [3.05, 3.63) is 29.8 Å². The van der Waals surface area contributed by atoms with Gasteiger partial charge in [-0.25, -0.2) is 8.78 Å². The van der Waals surface area contributed by atoms with Crippen LogP contribution in [0.1, 0.15) is 24.8 Å². The highest BCUT2D eigenvalue weighted by molar-refractivity contribution is 5.28. The van der Waals surface area contributed by atoms with Crippen molar-refractivity contribution in [2.45, 2.75) is 37.6 Å². The molecular formula is C14H19F2NO. The van der Waals surface area contributed by atoms with E-state index in [1.54, 1.807) is 31.4 Å². The van der Waals surface area contributed by atoms with Gasteiger partial charge in [0.05, 0.1) is 13.2 Å². The lowest BCUT2D eigenvalue weighted by molar-refractivity contribution is -0.0441. The lowest BCUT2D eigenvalue weighted by atomic mass is 9.94. The van der Waals surface area contributed by atoms with Gasteiger partial charge in [-0.1, -0.05) is 18.6 Å². The van der Waals surface area contributed by atoms with Gasteiger partial charge in [-0.3, -0.25) is 0 Å². The maximum absolute atomic E-state index is 14.1. The number of rotatable bonds is 4. The average molecular weight is 255 g/mol. The van der Waals surface area contributed by atoms with E-state index < -0.39 is 12.0 Å². The number of ether oxygens (including phenoxy) is 1. The first-order valence-electron chi connectivity index (χ1n) is 6.36. The molecule has 18 heavy (non-hydrogen) atoms. The zero-order chi connectivity index (χ0) is 13.0. The number of halogens is 2. The van der Waals surface area contributed by atoms with Gasteiger partial charge in [-0.15, -0.1) is 0 Å². The van der Waals surface area contributed by atoms with Crippen LogP contribution >= 0.6 is 0 Å². The van der Waals surface area contributed by atoms with Crippen molar-refractivity contribution in [3.8, 4) is 5.75 Å². The monoisotopic (exact) mass is 255 g/mol. The van der Waals surface area contributed by atoms with Gasteiger partial charge in [0.2, 0.25) is 0 Å². The van der Waals surface area contributed by atoms with E-state index in [-0.39, 0.29) is 6.42 Å². The van der Waals surface area contributed by atoms with Crippen molar-refractivity contribution in [2.75, 3.05) is 13.7 Å². The summed E-state index contributed by atoms with van der Waals surface area (Å²) in [7, 11) is 1.57. The van der Waals surface area contributed by atoms with Crippen LogP contribution in [-0.4, -0.2) is 25.6 Å². The number of benzene rings is 1. The predicted molar refractivity (Wildman–Crippen MR) is 67.3 cm³/mol. The highest BCUT2D eigenvalue weighted by Gasteiger charge is 2.39. The molecule has 0 radical (unpaired) electrons.